The highest BCUT2D eigenvalue weighted by molar-refractivity contribution is 7.45. The van der Waals surface area contributed by atoms with Crippen molar-refractivity contribution in [3.63, 3.8) is 0 Å². The van der Waals surface area contributed by atoms with Gasteiger partial charge in [-0.2, -0.15) is 0 Å². The van der Waals surface area contributed by atoms with E-state index in [1.54, 1.807) is 0 Å². The van der Waals surface area contributed by atoms with E-state index >= 15 is 0 Å². The summed E-state index contributed by atoms with van der Waals surface area (Å²) in [5.41, 5.74) is 0. The van der Waals surface area contributed by atoms with Crippen LogP contribution in [0.4, 0.5) is 0 Å². The van der Waals surface area contributed by atoms with Crippen molar-refractivity contribution >= 4 is 19.8 Å². The fraction of sp³-hybridized carbons (Fsp3) is 0.567. The van der Waals surface area contributed by atoms with Crippen LogP contribution < -0.4 is 4.89 Å². The van der Waals surface area contributed by atoms with Crippen LogP contribution in [0.3, 0.4) is 0 Å². The third-order valence-corrected chi connectivity index (χ3v) is 11.3. The lowest BCUT2D eigenvalue weighted by atomic mass is 10.1. The lowest BCUT2D eigenvalue weighted by Crippen LogP contribution is -2.37. The monoisotopic (exact) mass is 990 g/mol. The molecule has 0 spiro atoms. The highest BCUT2D eigenvalue weighted by Gasteiger charge is 2.21. The first-order valence-corrected chi connectivity index (χ1v) is 28.0. The average Bonchev–Trinajstić information content (AvgIpc) is 3.32. The second-order valence-electron chi connectivity index (χ2n) is 18.1. The molecule has 0 aromatic rings. The molecule has 0 amide bonds. The van der Waals surface area contributed by atoms with Crippen LogP contribution in [0, 0.1) is 0 Å². The molecule has 0 bridgehead atoms. The number of esters is 2. The van der Waals surface area contributed by atoms with Crippen molar-refractivity contribution in [1.82, 2.24) is 0 Å². The Balaban J connectivity index is 4.33. The molecule has 0 rings (SSSR count). The molecule has 0 fully saturated rings. The Morgan fingerprint density at radius 2 is 0.814 bits per heavy atom. The van der Waals surface area contributed by atoms with E-state index in [2.05, 4.69) is 160 Å². The molecule has 0 aliphatic heterocycles. The van der Waals surface area contributed by atoms with Crippen molar-refractivity contribution < 1.29 is 42.1 Å². The maximum atomic E-state index is 12.7. The summed E-state index contributed by atoms with van der Waals surface area (Å²) in [6.07, 6.45) is 73.3. The number of carbonyl (C=O) groups is 2. The van der Waals surface area contributed by atoms with Crippen LogP contribution in [0.25, 0.3) is 0 Å². The minimum absolute atomic E-state index is 0.0506. The van der Waals surface area contributed by atoms with E-state index in [4.69, 9.17) is 18.5 Å². The second kappa shape index (κ2) is 49.9. The number of ether oxygens (including phenoxy) is 2. The zero-order valence-electron chi connectivity index (χ0n) is 44.4. The lowest BCUT2D eigenvalue weighted by Gasteiger charge is -2.28. The van der Waals surface area contributed by atoms with Gasteiger partial charge in [-0.15, -0.1) is 0 Å². The number of rotatable bonds is 46. The Labute approximate surface area is 427 Å². The highest BCUT2D eigenvalue weighted by Crippen LogP contribution is 2.38. The molecular weight excluding hydrogens is 894 g/mol. The van der Waals surface area contributed by atoms with Gasteiger partial charge in [-0.05, 0) is 116 Å². The minimum Gasteiger partial charge on any atom is -0.756 e. The largest absolute Gasteiger partial charge is 0.756 e. The number of likely N-dealkylation sites (N-methyl/N-ethyl adjacent to an activating group) is 1. The first-order valence-electron chi connectivity index (χ1n) is 26.5. The van der Waals surface area contributed by atoms with Gasteiger partial charge in [0.1, 0.15) is 19.8 Å². The van der Waals surface area contributed by atoms with Crippen LogP contribution in [-0.4, -0.2) is 70.0 Å². The van der Waals surface area contributed by atoms with Gasteiger partial charge in [-0.1, -0.05) is 185 Å². The normalized spacial score (nSPS) is 14.5. The number of hydrogen-bond acceptors (Lipinski definition) is 8. The maximum Gasteiger partial charge on any atom is 0.306 e. The van der Waals surface area contributed by atoms with E-state index in [0.29, 0.717) is 23.9 Å². The summed E-state index contributed by atoms with van der Waals surface area (Å²) in [7, 11) is 1.10. The Hall–Kier alpha value is -4.11. The fourth-order valence-corrected chi connectivity index (χ4v) is 6.98. The number of quaternary nitrogens is 1. The van der Waals surface area contributed by atoms with Gasteiger partial charge in [0.15, 0.2) is 6.10 Å². The Bertz CT molecular complexity index is 1690. The summed E-state index contributed by atoms with van der Waals surface area (Å²) in [6.45, 7) is 3.95. The number of nitrogens with zero attached hydrogens (tertiary/aromatic N) is 1. The quantitative estimate of drug-likeness (QED) is 0.0195. The van der Waals surface area contributed by atoms with Gasteiger partial charge in [0.05, 0.1) is 27.7 Å². The van der Waals surface area contributed by atoms with E-state index < -0.39 is 32.5 Å². The topological polar surface area (TPSA) is 111 Å². The first-order chi connectivity index (χ1) is 34.0. The van der Waals surface area contributed by atoms with Crippen LogP contribution in [0.15, 0.2) is 146 Å². The number of phosphoric acid groups is 1. The Morgan fingerprint density at radius 1 is 0.457 bits per heavy atom. The van der Waals surface area contributed by atoms with Crippen LogP contribution in [-0.2, 0) is 32.7 Å². The number of hydrogen-bond donors (Lipinski definition) is 0. The summed E-state index contributed by atoms with van der Waals surface area (Å²) < 4.78 is 33.9. The van der Waals surface area contributed by atoms with E-state index in [1.165, 1.54) is 6.42 Å². The summed E-state index contributed by atoms with van der Waals surface area (Å²) in [5.74, 6) is -0.918. The van der Waals surface area contributed by atoms with Gasteiger partial charge in [0, 0.05) is 12.8 Å². The molecule has 9 nitrogen and oxygen atoms in total. The molecule has 0 aliphatic rings. The Morgan fingerprint density at radius 3 is 1.24 bits per heavy atom. The number of unbranched alkanes of at least 4 members (excludes halogenated alkanes) is 8. The second-order valence-corrected chi connectivity index (χ2v) is 19.6. The summed E-state index contributed by atoms with van der Waals surface area (Å²) in [6, 6.07) is 0. The number of phosphoric ester groups is 1. The van der Waals surface area contributed by atoms with Gasteiger partial charge < -0.3 is 27.9 Å². The van der Waals surface area contributed by atoms with Gasteiger partial charge in [-0.3, -0.25) is 14.2 Å². The summed E-state index contributed by atoms with van der Waals surface area (Å²) >= 11 is 0. The molecule has 10 heteroatoms. The predicted molar refractivity (Wildman–Crippen MR) is 295 cm³/mol. The lowest BCUT2D eigenvalue weighted by molar-refractivity contribution is -0.870. The van der Waals surface area contributed by atoms with Crippen LogP contribution >= 0.6 is 7.82 Å². The molecule has 0 radical (unpaired) electrons. The molecule has 0 aromatic heterocycles. The molecule has 0 aliphatic carbocycles. The smallest absolute Gasteiger partial charge is 0.306 e. The van der Waals surface area contributed by atoms with Crippen molar-refractivity contribution in [2.45, 2.75) is 174 Å². The Kier molecular flexibility index (Phi) is 46.9. The van der Waals surface area contributed by atoms with Crippen LogP contribution in [0.1, 0.15) is 168 Å². The van der Waals surface area contributed by atoms with Crippen molar-refractivity contribution in [3.8, 4) is 0 Å². The number of carbonyl (C=O) groups excluding carboxylic acids is 2. The third kappa shape index (κ3) is 53.2. The van der Waals surface area contributed by atoms with Gasteiger partial charge >= 0.3 is 11.9 Å². The standard InChI is InChI=1S/C60H96NO8P/c1-6-8-10-12-14-16-18-20-21-22-23-24-25-26-27-28-29-30-31-32-33-34-35-36-37-38-39-41-43-45-47-49-51-53-60(63)69-58(57-68-70(64,65)67-55-54-61(3,4)5)56-66-59(62)52-50-48-46-44-42-40-19-17-15-13-11-9-7-2/h8,10-11,13-14,16-17,19-21,23-24,26-27,29-30,32-33,35-36,38-39,43,45,58H,6-7,9,12,15,18,22,25,28,31,34,37,40-42,44,46-57H2,1-5H3/b10-8-,13-11-,16-14-,19-17-,21-20-,24-23-,27-26-,30-29-,33-32-,36-35-,39-38-,45-43-. The fourth-order valence-electron chi connectivity index (χ4n) is 6.25. The molecule has 0 N–H and O–H groups in total. The molecule has 0 saturated heterocycles. The molecule has 0 saturated carbocycles. The van der Waals surface area contributed by atoms with E-state index in [0.717, 1.165) is 122 Å². The molecule has 0 aromatic carbocycles. The van der Waals surface area contributed by atoms with E-state index in [1.807, 2.05) is 21.1 Å². The van der Waals surface area contributed by atoms with Crippen LogP contribution in [0.2, 0.25) is 0 Å². The molecular formula is C60H96NO8P. The van der Waals surface area contributed by atoms with Crippen molar-refractivity contribution in [2.24, 2.45) is 0 Å². The summed E-state index contributed by atoms with van der Waals surface area (Å²) in [5, 5.41) is 0. The minimum atomic E-state index is -4.66. The molecule has 0 heterocycles. The van der Waals surface area contributed by atoms with E-state index in [9.17, 15) is 19.0 Å². The van der Waals surface area contributed by atoms with Crippen molar-refractivity contribution in [2.75, 3.05) is 47.5 Å². The van der Waals surface area contributed by atoms with Gasteiger partial charge in [0.25, 0.3) is 7.82 Å². The highest BCUT2D eigenvalue weighted by atomic mass is 31.2. The SMILES string of the molecule is CC/C=C\C/C=C\C/C=C\C/C=C\C/C=C\C/C=C\C/C=C\C/C=C\C/C=C\C/C=C\CCCCC(=O)OC(COC(=O)CCCCCCC/C=C\C/C=C\CCC)COP(=O)([O-])OCC[N+](C)(C)C. The first kappa shape index (κ1) is 65.9. The molecule has 2 atom stereocenters. The summed E-state index contributed by atoms with van der Waals surface area (Å²) in [4.78, 5) is 37.7. The maximum absolute atomic E-state index is 12.7. The third-order valence-electron chi connectivity index (χ3n) is 10.3. The van der Waals surface area contributed by atoms with Crippen molar-refractivity contribution in [3.05, 3.63) is 146 Å². The average molecular weight is 990 g/mol. The van der Waals surface area contributed by atoms with E-state index in [-0.39, 0.29) is 26.1 Å². The zero-order valence-corrected chi connectivity index (χ0v) is 45.3. The number of allylic oxidation sites excluding steroid dienone is 24. The van der Waals surface area contributed by atoms with Gasteiger partial charge in [0.2, 0.25) is 0 Å². The van der Waals surface area contributed by atoms with Gasteiger partial charge in [-0.25, -0.2) is 0 Å². The zero-order chi connectivity index (χ0) is 51.3. The van der Waals surface area contributed by atoms with Crippen LogP contribution in [0.5, 0.6) is 0 Å². The molecule has 394 valence electrons. The predicted octanol–water partition coefficient (Wildman–Crippen LogP) is 15.7. The molecule has 2 unspecified atom stereocenters. The molecule has 70 heavy (non-hydrogen) atoms. The van der Waals surface area contributed by atoms with Crippen molar-refractivity contribution in [1.29, 1.82) is 0 Å².